The molecule has 0 radical (unpaired) electrons. The zero-order chi connectivity index (χ0) is 17.8. The number of nitrogens with zero attached hydrogens (tertiary/aromatic N) is 2. The Bertz CT molecular complexity index is 627. The third-order valence-corrected chi connectivity index (χ3v) is 5.10. The molecule has 1 aliphatic carbocycles. The molecule has 1 aliphatic heterocycles. The minimum absolute atomic E-state index is 0.0684. The van der Waals surface area contributed by atoms with Gasteiger partial charge in [0.05, 0.1) is 23.3 Å². The number of halogens is 1. The molecule has 1 heterocycles. The summed E-state index contributed by atoms with van der Waals surface area (Å²) in [6, 6.07) is 7.50. The van der Waals surface area contributed by atoms with E-state index >= 15 is 0 Å². The Balaban J connectivity index is 1.42. The third-order valence-electron chi connectivity index (χ3n) is 4.77. The van der Waals surface area contributed by atoms with Gasteiger partial charge in [0.25, 0.3) is 0 Å². The van der Waals surface area contributed by atoms with Crippen molar-refractivity contribution in [2.24, 2.45) is 0 Å². The quantitative estimate of drug-likeness (QED) is 0.804. The number of para-hydroxylation sites is 1. The summed E-state index contributed by atoms with van der Waals surface area (Å²) in [5, 5.41) is 6.44. The van der Waals surface area contributed by atoms with Crippen LogP contribution in [0, 0.1) is 0 Å². The summed E-state index contributed by atoms with van der Waals surface area (Å²) in [4.78, 5) is 28.6. The smallest absolute Gasteiger partial charge is 0.238 e. The molecule has 1 unspecified atom stereocenters. The highest BCUT2D eigenvalue weighted by Gasteiger charge is 2.30. The van der Waals surface area contributed by atoms with Crippen LogP contribution >= 0.6 is 11.6 Å². The minimum atomic E-state index is -0.111. The molecule has 1 aromatic carbocycles. The van der Waals surface area contributed by atoms with E-state index in [1.54, 1.807) is 12.1 Å². The highest BCUT2D eigenvalue weighted by Crippen LogP contribution is 2.21. The van der Waals surface area contributed by atoms with Crippen LogP contribution in [0.1, 0.15) is 19.8 Å². The summed E-state index contributed by atoms with van der Waals surface area (Å²) in [6.07, 6.45) is 2.21. The van der Waals surface area contributed by atoms with E-state index in [9.17, 15) is 9.59 Å². The molecule has 2 N–H and O–H groups in total. The summed E-state index contributed by atoms with van der Waals surface area (Å²) < 4.78 is 0. The van der Waals surface area contributed by atoms with Crippen molar-refractivity contribution in [1.29, 1.82) is 0 Å². The lowest BCUT2D eigenvalue weighted by Crippen LogP contribution is -2.55. The van der Waals surface area contributed by atoms with Gasteiger partial charge in [-0.25, -0.2) is 0 Å². The van der Waals surface area contributed by atoms with Crippen LogP contribution in [0.25, 0.3) is 0 Å². The van der Waals surface area contributed by atoms with Crippen molar-refractivity contribution in [3.8, 4) is 0 Å². The molecule has 0 aromatic heterocycles. The maximum absolute atomic E-state index is 12.2. The van der Waals surface area contributed by atoms with Crippen molar-refractivity contribution in [3.05, 3.63) is 29.3 Å². The number of rotatable bonds is 6. The van der Waals surface area contributed by atoms with Crippen molar-refractivity contribution >= 4 is 29.1 Å². The molecule has 3 rings (SSSR count). The van der Waals surface area contributed by atoms with Gasteiger partial charge in [0.2, 0.25) is 11.8 Å². The molecule has 136 valence electrons. The van der Waals surface area contributed by atoms with Crippen LogP contribution in [-0.4, -0.2) is 66.4 Å². The molecular formula is C18H25ClN4O2. The van der Waals surface area contributed by atoms with E-state index in [1.165, 1.54) is 0 Å². The predicted molar refractivity (Wildman–Crippen MR) is 98.7 cm³/mol. The van der Waals surface area contributed by atoms with Crippen molar-refractivity contribution in [2.45, 2.75) is 31.8 Å². The van der Waals surface area contributed by atoms with Crippen LogP contribution in [0.15, 0.2) is 24.3 Å². The van der Waals surface area contributed by atoms with Gasteiger partial charge >= 0.3 is 0 Å². The standard InChI is InChI=1S/C18H25ClN4O2/c1-13(18(25)20-14-6-7-14)23-10-8-22(9-11-23)12-17(24)21-16-5-3-2-4-15(16)19/h2-5,13-14H,6-12H2,1H3,(H,20,25)(H,21,24). The number of anilines is 1. The van der Waals surface area contributed by atoms with Crippen LogP contribution in [0.3, 0.4) is 0 Å². The number of amides is 2. The molecule has 0 bridgehead atoms. The summed E-state index contributed by atoms with van der Waals surface area (Å²) in [6.45, 7) is 5.42. The number of nitrogens with one attached hydrogen (secondary N) is 2. The normalized spacial score (nSPS) is 20.1. The predicted octanol–water partition coefficient (Wildman–Crippen LogP) is 1.56. The van der Waals surface area contributed by atoms with Crippen molar-refractivity contribution in [1.82, 2.24) is 15.1 Å². The molecule has 2 amide bonds. The summed E-state index contributed by atoms with van der Waals surface area (Å²) in [5.41, 5.74) is 0.637. The summed E-state index contributed by atoms with van der Waals surface area (Å²) >= 11 is 6.06. The number of hydrogen-bond acceptors (Lipinski definition) is 4. The number of piperazine rings is 1. The largest absolute Gasteiger partial charge is 0.352 e. The molecule has 0 spiro atoms. The van der Waals surface area contributed by atoms with Gasteiger partial charge in [-0.05, 0) is 31.9 Å². The summed E-state index contributed by atoms with van der Waals surface area (Å²) in [7, 11) is 0. The zero-order valence-electron chi connectivity index (χ0n) is 14.5. The monoisotopic (exact) mass is 364 g/mol. The van der Waals surface area contributed by atoms with Gasteiger partial charge in [0.15, 0.2) is 0 Å². The molecular weight excluding hydrogens is 340 g/mol. The first-order chi connectivity index (χ1) is 12.0. The Morgan fingerprint density at radius 2 is 1.88 bits per heavy atom. The highest BCUT2D eigenvalue weighted by atomic mass is 35.5. The molecule has 1 saturated heterocycles. The molecule has 1 atom stereocenters. The lowest BCUT2D eigenvalue weighted by atomic mass is 10.2. The van der Waals surface area contributed by atoms with Crippen molar-refractivity contribution in [2.75, 3.05) is 38.0 Å². The van der Waals surface area contributed by atoms with Crippen LogP contribution < -0.4 is 10.6 Å². The summed E-state index contributed by atoms with van der Waals surface area (Å²) in [5.74, 6) is 0.0495. The van der Waals surface area contributed by atoms with Gasteiger partial charge in [0.1, 0.15) is 0 Å². The molecule has 2 fully saturated rings. The first-order valence-corrected chi connectivity index (χ1v) is 9.22. The fourth-order valence-electron chi connectivity index (χ4n) is 2.98. The fraction of sp³-hybridized carbons (Fsp3) is 0.556. The second-order valence-corrected chi connectivity index (χ2v) is 7.21. The van der Waals surface area contributed by atoms with Crippen LogP contribution in [0.5, 0.6) is 0 Å². The zero-order valence-corrected chi connectivity index (χ0v) is 15.3. The van der Waals surface area contributed by atoms with E-state index < -0.39 is 0 Å². The van der Waals surface area contributed by atoms with Gasteiger partial charge in [0, 0.05) is 32.2 Å². The topological polar surface area (TPSA) is 64.7 Å². The fourth-order valence-corrected chi connectivity index (χ4v) is 3.16. The second-order valence-electron chi connectivity index (χ2n) is 6.80. The average Bonchev–Trinajstić information content (AvgIpc) is 3.41. The maximum atomic E-state index is 12.2. The molecule has 1 saturated carbocycles. The number of hydrogen-bond donors (Lipinski definition) is 2. The molecule has 2 aliphatic rings. The second kappa shape index (κ2) is 8.17. The first kappa shape index (κ1) is 18.2. The third kappa shape index (κ3) is 5.17. The minimum Gasteiger partial charge on any atom is -0.352 e. The SMILES string of the molecule is CC(C(=O)NC1CC1)N1CCN(CC(=O)Nc2ccccc2Cl)CC1. The Morgan fingerprint density at radius 3 is 2.52 bits per heavy atom. The number of carbonyl (C=O) groups is 2. The van der Waals surface area contributed by atoms with E-state index in [0.29, 0.717) is 23.3 Å². The molecule has 1 aromatic rings. The lowest BCUT2D eigenvalue weighted by molar-refractivity contribution is -0.127. The highest BCUT2D eigenvalue weighted by molar-refractivity contribution is 6.33. The van der Waals surface area contributed by atoms with Gasteiger partial charge in [-0.15, -0.1) is 0 Å². The van der Waals surface area contributed by atoms with Gasteiger partial charge in [-0.3, -0.25) is 19.4 Å². The van der Waals surface area contributed by atoms with Gasteiger partial charge in [-0.2, -0.15) is 0 Å². The van der Waals surface area contributed by atoms with E-state index in [0.717, 1.165) is 39.0 Å². The van der Waals surface area contributed by atoms with Gasteiger partial charge < -0.3 is 10.6 Å². The van der Waals surface area contributed by atoms with E-state index in [2.05, 4.69) is 20.4 Å². The van der Waals surface area contributed by atoms with E-state index in [-0.39, 0.29) is 17.9 Å². The Hall–Kier alpha value is -1.63. The van der Waals surface area contributed by atoms with Crippen molar-refractivity contribution < 1.29 is 9.59 Å². The number of carbonyl (C=O) groups excluding carboxylic acids is 2. The molecule has 25 heavy (non-hydrogen) atoms. The average molecular weight is 365 g/mol. The van der Waals surface area contributed by atoms with Crippen LogP contribution in [0.4, 0.5) is 5.69 Å². The maximum Gasteiger partial charge on any atom is 0.238 e. The Morgan fingerprint density at radius 1 is 1.20 bits per heavy atom. The van der Waals surface area contributed by atoms with Crippen molar-refractivity contribution in [3.63, 3.8) is 0 Å². The van der Waals surface area contributed by atoms with Crippen LogP contribution in [-0.2, 0) is 9.59 Å². The van der Waals surface area contributed by atoms with Crippen LogP contribution in [0.2, 0.25) is 5.02 Å². The molecule has 7 heteroatoms. The Kier molecular flexibility index (Phi) is 5.93. The van der Waals surface area contributed by atoms with E-state index in [1.807, 2.05) is 19.1 Å². The lowest BCUT2D eigenvalue weighted by Gasteiger charge is -2.37. The number of benzene rings is 1. The van der Waals surface area contributed by atoms with E-state index in [4.69, 9.17) is 11.6 Å². The molecule has 6 nitrogen and oxygen atoms in total. The Labute approximate surface area is 153 Å². The van der Waals surface area contributed by atoms with Gasteiger partial charge in [-0.1, -0.05) is 23.7 Å². The first-order valence-electron chi connectivity index (χ1n) is 8.84.